The SMILES string of the molecule is CNCC[C@H](Oc1ccc(C(F)(F)F)cc1)c1cccc(F)c1. The van der Waals surface area contributed by atoms with Gasteiger partial charge in [-0.05, 0) is 55.6 Å². The Labute approximate surface area is 132 Å². The highest BCUT2D eigenvalue weighted by Gasteiger charge is 2.30. The summed E-state index contributed by atoms with van der Waals surface area (Å²) in [5.41, 5.74) is -0.0949. The van der Waals surface area contributed by atoms with Crippen molar-refractivity contribution in [2.24, 2.45) is 0 Å². The fourth-order valence-electron chi connectivity index (χ4n) is 2.16. The second kappa shape index (κ2) is 7.46. The van der Waals surface area contributed by atoms with Gasteiger partial charge in [0, 0.05) is 6.42 Å². The molecule has 0 aromatic heterocycles. The second-order valence-corrected chi connectivity index (χ2v) is 5.08. The molecule has 2 aromatic rings. The van der Waals surface area contributed by atoms with Gasteiger partial charge in [-0.3, -0.25) is 0 Å². The quantitative estimate of drug-likeness (QED) is 0.785. The molecule has 0 aliphatic heterocycles. The summed E-state index contributed by atoms with van der Waals surface area (Å²) in [4.78, 5) is 0. The predicted molar refractivity (Wildman–Crippen MR) is 79.8 cm³/mol. The van der Waals surface area contributed by atoms with Crippen LogP contribution in [0.2, 0.25) is 0 Å². The normalized spacial score (nSPS) is 12.9. The maximum atomic E-state index is 13.4. The highest BCUT2D eigenvalue weighted by atomic mass is 19.4. The first kappa shape index (κ1) is 17.3. The van der Waals surface area contributed by atoms with Crippen LogP contribution in [0.4, 0.5) is 17.6 Å². The summed E-state index contributed by atoms with van der Waals surface area (Å²) >= 11 is 0. The first-order valence-electron chi connectivity index (χ1n) is 7.14. The van der Waals surface area contributed by atoms with E-state index in [1.807, 2.05) is 0 Å². The lowest BCUT2D eigenvalue weighted by molar-refractivity contribution is -0.137. The summed E-state index contributed by atoms with van der Waals surface area (Å²) in [6.45, 7) is 0.627. The lowest BCUT2D eigenvalue weighted by atomic mass is 10.1. The van der Waals surface area contributed by atoms with Gasteiger partial charge in [0.2, 0.25) is 0 Å². The van der Waals surface area contributed by atoms with Gasteiger partial charge in [0.15, 0.2) is 0 Å². The third kappa shape index (κ3) is 4.96. The molecule has 0 fully saturated rings. The topological polar surface area (TPSA) is 21.3 Å². The second-order valence-electron chi connectivity index (χ2n) is 5.08. The Morgan fingerprint density at radius 3 is 2.35 bits per heavy atom. The molecular weight excluding hydrogens is 310 g/mol. The van der Waals surface area contributed by atoms with Gasteiger partial charge in [-0.1, -0.05) is 12.1 Å². The zero-order valence-electron chi connectivity index (χ0n) is 12.5. The monoisotopic (exact) mass is 327 g/mol. The number of rotatable bonds is 6. The smallest absolute Gasteiger partial charge is 0.416 e. The minimum Gasteiger partial charge on any atom is -0.486 e. The molecule has 0 aliphatic rings. The molecule has 0 heterocycles. The Morgan fingerprint density at radius 1 is 1.09 bits per heavy atom. The Morgan fingerprint density at radius 2 is 1.78 bits per heavy atom. The van der Waals surface area contributed by atoms with Crippen LogP contribution in [-0.4, -0.2) is 13.6 Å². The minimum atomic E-state index is -4.38. The summed E-state index contributed by atoms with van der Waals surface area (Å²) < 4.78 is 56.8. The third-order valence-electron chi connectivity index (χ3n) is 3.34. The lowest BCUT2D eigenvalue weighted by Gasteiger charge is -2.20. The Kier molecular flexibility index (Phi) is 5.60. The average Bonchev–Trinajstić information content (AvgIpc) is 2.51. The van der Waals surface area contributed by atoms with Crippen molar-refractivity contribution in [1.29, 1.82) is 0 Å². The van der Waals surface area contributed by atoms with Crippen LogP contribution in [0.3, 0.4) is 0 Å². The molecular formula is C17H17F4NO. The summed E-state index contributed by atoms with van der Waals surface area (Å²) in [6, 6.07) is 10.5. The van der Waals surface area contributed by atoms with E-state index in [0.717, 1.165) is 12.1 Å². The average molecular weight is 327 g/mol. The van der Waals surface area contributed by atoms with Gasteiger partial charge in [-0.15, -0.1) is 0 Å². The molecule has 0 saturated heterocycles. The Bertz CT molecular complexity index is 625. The standard InChI is InChI=1S/C17H17F4NO/c1-22-10-9-16(12-3-2-4-14(18)11-12)23-15-7-5-13(6-8-15)17(19,20)21/h2-8,11,16,22H,9-10H2,1H3/t16-/m0/s1. The van der Waals surface area contributed by atoms with E-state index < -0.39 is 17.8 Å². The molecule has 2 rings (SSSR count). The van der Waals surface area contributed by atoms with Crippen LogP contribution in [0, 0.1) is 5.82 Å². The molecule has 0 amide bonds. The van der Waals surface area contributed by atoms with Gasteiger partial charge >= 0.3 is 6.18 Å². The molecule has 1 N–H and O–H groups in total. The van der Waals surface area contributed by atoms with Gasteiger partial charge in [-0.25, -0.2) is 4.39 Å². The van der Waals surface area contributed by atoms with Crippen molar-refractivity contribution in [2.45, 2.75) is 18.7 Å². The number of nitrogens with one attached hydrogen (secondary N) is 1. The fraction of sp³-hybridized carbons (Fsp3) is 0.294. The van der Waals surface area contributed by atoms with Crippen molar-refractivity contribution in [3.63, 3.8) is 0 Å². The maximum Gasteiger partial charge on any atom is 0.416 e. The number of ether oxygens (including phenoxy) is 1. The maximum absolute atomic E-state index is 13.4. The van der Waals surface area contributed by atoms with Crippen molar-refractivity contribution in [2.75, 3.05) is 13.6 Å². The molecule has 0 radical (unpaired) electrons. The third-order valence-corrected chi connectivity index (χ3v) is 3.34. The molecule has 0 saturated carbocycles. The van der Waals surface area contributed by atoms with Crippen LogP contribution in [0.5, 0.6) is 5.75 Å². The number of alkyl halides is 3. The van der Waals surface area contributed by atoms with Crippen molar-refractivity contribution >= 4 is 0 Å². The summed E-state index contributed by atoms with van der Waals surface area (Å²) in [6.07, 6.45) is -4.27. The molecule has 2 nitrogen and oxygen atoms in total. The molecule has 6 heteroatoms. The highest BCUT2D eigenvalue weighted by Crippen LogP contribution is 2.31. The van der Waals surface area contributed by atoms with E-state index in [1.165, 1.54) is 24.3 Å². The van der Waals surface area contributed by atoms with Gasteiger partial charge in [0.05, 0.1) is 5.56 Å². The van der Waals surface area contributed by atoms with Crippen LogP contribution >= 0.6 is 0 Å². The fourth-order valence-corrected chi connectivity index (χ4v) is 2.16. The van der Waals surface area contributed by atoms with E-state index in [1.54, 1.807) is 19.2 Å². The van der Waals surface area contributed by atoms with E-state index in [9.17, 15) is 17.6 Å². The minimum absolute atomic E-state index is 0.309. The van der Waals surface area contributed by atoms with Crippen LogP contribution in [0.25, 0.3) is 0 Å². The molecule has 0 aliphatic carbocycles. The van der Waals surface area contributed by atoms with Gasteiger partial charge < -0.3 is 10.1 Å². The molecule has 0 spiro atoms. The molecule has 2 aromatic carbocycles. The predicted octanol–water partition coefficient (Wildman–Crippen LogP) is 4.57. The van der Waals surface area contributed by atoms with E-state index in [0.29, 0.717) is 24.3 Å². The van der Waals surface area contributed by atoms with E-state index in [4.69, 9.17) is 4.74 Å². The van der Waals surface area contributed by atoms with Crippen LogP contribution in [-0.2, 0) is 6.18 Å². The Hall–Kier alpha value is -2.08. The van der Waals surface area contributed by atoms with Crippen molar-refractivity contribution in [1.82, 2.24) is 5.32 Å². The molecule has 1 atom stereocenters. The van der Waals surface area contributed by atoms with Gasteiger partial charge in [-0.2, -0.15) is 13.2 Å². The first-order valence-corrected chi connectivity index (χ1v) is 7.14. The van der Waals surface area contributed by atoms with E-state index in [-0.39, 0.29) is 5.82 Å². The van der Waals surface area contributed by atoms with Gasteiger partial charge in [0.1, 0.15) is 17.7 Å². The highest BCUT2D eigenvalue weighted by molar-refractivity contribution is 5.30. The van der Waals surface area contributed by atoms with Crippen LogP contribution in [0.15, 0.2) is 48.5 Å². The zero-order valence-corrected chi connectivity index (χ0v) is 12.5. The van der Waals surface area contributed by atoms with Crippen molar-refractivity contribution in [3.05, 3.63) is 65.5 Å². The lowest BCUT2D eigenvalue weighted by Crippen LogP contribution is -2.16. The van der Waals surface area contributed by atoms with Gasteiger partial charge in [0.25, 0.3) is 0 Å². The molecule has 0 unspecified atom stereocenters. The van der Waals surface area contributed by atoms with Crippen LogP contribution < -0.4 is 10.1 Å². The molecule has 124 valence electrons. The number of hydrogen-bond acceptors (Lipinski definition) is 2. The Balaban J connectivity index is 2.17. The summed E-state index contributed by atoms with van der Waals surface area (Å²) in [5.74, 6) is -0.0728. The molecule has 23 heavy (non-hydrogen) atoms. The van der Waals surface area contributed by atoms with Crippen molar-refractivity contribution < 1.29 is 22.3 Å². The van der Waals surface area contributed by atoms with E-state index >= 15 is 0 Å². The summed E-state index contributed by atoms with van der Waals surface area (Å²) in [7, 11) is 1.78. The number of hydrogen-bond donors (Lipinski definition) is 1. The van der Waals surface area contributed by atoms with Crippen LogP contribution in [0.1, 0.15) is 23.7 Å². The van der Waals surface area contributed by atoms with Crippen molar-refractivity contribution in [3.8, 4) is 5.75 Å². The first-order chi connectivity index (χ1) is 10.9. The number of benzene rings is 2. The summed E-state index contributed by atoms with van der Waals surface area (Å²) in [5, 5.41) is 2.97. The molecule has 0 bridgehead atoms. The van der Waals surface area contributed by atoms with E-state index in [2.05, 4.69) is 5.32 Å². The zero-order chi connectivity index (χ0) is 16.9. The number of halogens is 4. The largest absolute Gasteiger partial charge is 0.486 e.